The SMILES string of the molecule is CC(C)(C)CC(C)(C)c1cccc(C(=O)CO)c1. The third-order valence-electron chi connectivity index (χ3n) is 3.08. The van der Waals surface area contributed by atoms with Gasteiger partial charge in [-0.05, 0) is 28.9 Å². The second-order valence-electron chi connectivity index (χ2n) is 6.78. The summed E-state index contributed by atoms with van der Waals surface area (Å²) in [6, 6.07) is 7.61. The Morgan fingerprint density at radius 1 is 1.17 bits per heavy atom. The number of ketones is 1. The van der Waals surface area contributed by atoms with Crippen LogP contribution in [0.5, 0.6) is 0 Å². The number of carbonyl (C=O) groups excluding carboxylic acids is 1. The Kier molecular flexibility index (Phi) is 4.33. The first-order valence-electron chi connectivity index (χ1n) is 6.40. The van der Waals surface area contributed by atoms with Gasteiger partial charge in [0, 0.05) is 5.56 Å². The number of hydrogen-bond acceptors (Lipinski definition) is 2. The Morgan fingerprint density at radius 3 is 2.28 bits per heavy atom. The molecule has 0 spiro atoms. The van der Waals surface area contributed by atoms with Gasteiger partial charge >= 0.3 is 0 Å². The van der Waals surface area contributed by atoms with Crippen LogP contribution in [0.4, 0.5) is 0 Å². The van der Waals surface area contributed by atoms with Crippen molar-refractivity contribution in [3.05, 3.63) is 35.4 Å². The summed E-state index contributed by atoms with van der Waals surface area (Å²) in [5, 5.41) is 8.92. The van der Waals surface area contributed by atoms with Crippen LogP contribution >= 0.6 is 0 Å². The molecule has 0 saturated heterocycles. The number of rotatable bonds is 4. The van der Waals surface area contributed by atoms with Crippen molar-refractivity contribution in [1.29, 1.82) is 0 Å². The highest BCUT2D eigenvalue weighted by Gasteiger charge is 2.27. The van der Waals surface area contributed by atoms with Crippen LogP contribution in [0.2, 0.25) is 0 Å². The molecule has 2 nitrogen and oxygen atoms in total. The van der Waals surface area contributed by atoms with Gasteiger partial charge in [0.25, 0.3) is 0 Å². The maximum atomic E-state index is 11.5. The number of hydrogen-bond donors (Lipinski definition) is 1. The summed E-state index contributed by atoms with van der Waals surface area (Å²) < 4.78 is 0. The Morgan fingerprint density at radius 2 is 1.78 bits per heavy atom. The molecule has 0 amide bonds. The Balaban J connectivity index is 3.05. The predicted octanol–water partition coefficient (Wildman–Crippen LogP) is 3.58. The number of benzene rings is 1. The van der Waals surface area contributed by atoms with Crippen LogP contribution in [-0.4, -0.2) is 17.5 Å². The number of carbonyl (C=O) groups is 1. The fourth-order valence-corrected chi connectivity index (χ4v) is 2.63. The number of aliphatic hydroxyl groups excluding tert-OH is 1. The van der Waals surface area contributed by atoms with Gasteiger partial charge in [0.2, 0.25) is 0 Å². The van der Waals surface area contributed by atoms with Crippen molar-refractivity contribution in [2.45, 2.75) is 46.5 Å². The van der Waals surface area contributed by atoms with Crippen LogP contribution in [0.3, 0.4) is 0 Å². The molecule has 2 heteroatoms. The molecule has 0 aromatic heterocycles. The highest BCUT2D eigenvalue weighted by molar-refractivity contribution is 5.97. The predicted molar refractivity (Wildman–Crippen MR) is 75.0 cm³/mol. The first-order chi connectivity index (χ1) is 8.15. The summed E-state index contributed by atoms with van der Waals surface area (Å²) in [4.78, 5) is 11.5. The lowest BCUT2D eigenvalue weighted by atomic mass is 9.72. The van der Waals surface area contributed by atoms with E-state index in [4.69, 9.17) is 5.11 Å². The molecule has 1 aromatic rings. The standard InChI is InChI=1S/C16H24O2/c1-15(2,3)11-16(4,5)13-8-6-7-12(9-13)14(18)10-17/h6-9,17H,10-11H2,1-5H3. The molecule has 1 rings (SSSR count). The fraction of sp³-hybridized carbons (Fsp3) is 0.562. The lowest BCUT2D eigenvalue weighted by Gasteiger charge is -2.33. The Labute approximate surface area is 110 Å². The summed E-state index contributed by atoms with van der Waals surface area (Å²) in [6.07, 6.45) is 1.04. The molecule has 1 aromatic carbocycles. The lowest BCUT2D eigenvalue weighted by Crippen LogP contribution is -2.25. The molecule has 18 heavy (non-hydrogen) atoms. The molecule has 0 radical (unpaired) electrons. The average molecular weight is 248 g/mol. The van der Waals surface area contributed by atoms with Crippen LogP contribution < -0.4 is 0 Å². The van der Waals surface area contributed by atoms with Crippen LogP contribution in [0.15, 0.2) is 24.3 Å². The van der Waals surface area contributed by atoms with Crippen LogP contribution in [0.1, 0.15) is 57.0 Å². The zero-order valence-electron chi connectivity index (χ0n) is 12.1. The smallest absolute Gasteiger partial charge is 0.188 e. The molecule has 0 unspecified atom stereocenters. The van der Waals surface area contributed by atoms with Gasteiger partial charge in [-0.2, -0.15) is 0 Å². The average Bonchev–Trinajstić information content (AvgIpc) is 2.25. The van der Waals surface area contributed by atoms with Crippen LogP contribution in [-0.2, 0) is 5.41 Å². The molecule has 1 N–H and O–H groups in total. The fourth-order valence-electron chi connectivity index (χ4n) is 2.63. The molecular formula is C16H24O2. The second-order valence-corrected chi connectivity index (χ2v) is 6.78. The summed E-state index contributed by atoms with van der Waals surface area (Å²) in [7, 11) is 0. The maximum Gasteiger partial charge on any atom is 0.188 e. The minimum Gasteiger partial charge on any atom is -0.388 e. The zero-order valence-corrected chi connectivity index (χ0v) is 12.1. The minimum atomic E-state index is -0.427. The van der Waals surface area contributed by atoms with E-state index in [2.05, 4.69) is 40.7 Å². The van der Waals surface area contributed by atoms with Gasteiger partial charge in [0.15, 0.2) is 5.78 Å². The molecule has 0 aliphatic carbocycles. The van der Waals surface area contributed by atoms with E-state index in [0.717, 1.165) is 12.0 Å². The summed E-state index contributed by atoms with van der Waals surface area (Å²) in [5.41, 5.74) is 2.00. The third-order valence-corrected chi connectivity index (χ3v) is 3.08. The molecule has 0 saturated carbocycles. The molecule has 100 valence electrons. The quantitative estimate of drug-likeness (QED) is 0.827. The van der Waals surface area contributed by atoms with Crippen molar-refractivity contribution in [2.75, 3.05) is 6.61 Å². The summed E-state index contributed by atoms with van der Waals surface area (Å²) in [6.45, 7) is 10.6. The number of Topliss-reactive ketones (excluding diaryl/α,β-unsaturated/α-hetero) is 1. The van der Waals surface area contributed by atoms with E-state index in [9.17, 15) is 4.79 Å². The topological polar surface area (TPSA) is 37.3 Å². The van der Waals surface area contributed by atoms with E-state index in [0.29, 0.717) is 5.56 Å². The molecule has 0 fully saturated rings. The normalized spacial score (nSPS) is 12.6. The van der Waals surface area contributed by atoms with E-state index >= 15 is 0 Å². The molecular weight excluding hydrogens is 224 g/mol. The molecule has 0 aliphatic heterocycles. The molecule has 0 aliphatic rings. The maximum absolute atomic E-state index is 11.5. The van der Waals surface area contributed by atoms with Gasteiger partial charge in [0.05, 0.1) is 0 Å². The lowest BCUT2D eigenvalue weighted by molar-refractivity contribution is 0.0903. The van der Waals surface area contributed by atoms with E-state index in [1.807, 2.05) is 12.1 Å². The Bertz CT molecular complexity index is 425. The van der Waals surface area contributed by atoms with E-state index in [-0.39, 0.29) is 16.6 Å². The highest BCUT2D eigenvalue weighted by atomic mass is 16.3. The van der Waals surface area contributed by atoms with Gasteiger partial charge in [0.1, 0.15) is 6.61 Å². The van der Waals surface area contributed by atoms with Crippen molar-refractivity contribution in [3.8, 4) is 0 Å². The van der Waals surface area contributed by atoms with E-state index in [1.54, 1.807) is 6.07 Å². The van der Waals surface area contributed by atoms with E-state index in [1.165, 1.54) is 0 Å². The first kappa shape index (κ1) is 14.9. The summed E-state index contributed by atoms with van der Waals surface area (Å²) >= 11 is 0. The van der Waals surface area contributed by atoms with Gasteiger partial charge in [-0.15, -0.1) is 0 Å². The highest BCUT2D eigenvalue weighted by Crippen LogP contribution is 2.36. The third kappa shape index (κ3) is 3.95. The van der Waals surface area contributed by atoms with Crippen molar-refractivity contribution >= 4 is 5.78 Å². The molecule has 0 bridgehead atoms. The van der Waals surface area contributed by atoms with Gasteiger partial charge in [-0.1, -0.05) is 52.8 Å². The van der Waals surface area contributed by atoms with Gasteiger partial charge in [-0.3, -0.25) is 4.79 Å². The monoisotopic (exact) mass is 248 g/mol. The molecule has 0 atom stereocenters. The van der Waals surface area contributed by atoms with Crippen molar-refractivity contribution < 1.29 is 9.90 Å². The summed E-state index contributed by atoms with van der Waals surface area (Å²) in [5.74, 6) is -0.219. The second kappa shape index (κ2) is 5.23. The van der Waals surface area contributed by atoms with E-state index < -0.39 is 6.61 Å². The van der Waals surface area contributed by atoms with Crippen molar-refractivity contribution in [3.63, 3.8) is 0 Å². The van der Waals surface area contributed by atoms with Crippen molar-refractivity contribution in [2.24, 2.45) is 5.41 Å². The molecule has 0 heterocycles. The van der Waals surface area contributed by atoms with Crippen molar-refractivity contribution in [1.82, 2.24) is 0 Å². The number of aliphatic hydroxyl groups is 1. The first-order valence-corrected chi connectivity index (χ1v) is 6.40. The van der Waals surface area contributed by atoms with Crippen LogP contribution in [0, 0.1) is 5.41 Å². The van der Waals surface area contributed by atoms with Crippen LogP contribution in [0.25, 0.3) is 0 Å². The minimum absolute atomic E-state index is 0.0179. The van der Waals surface area contributed by atoms with Gasteiger partial charge < -0.3 is 5.11 Å². The largest absolute Gasteiger partial charge is 0.388 e. The zero-order chi connectivity index (χ0) is 14.0. The van der Waals surface area contributed by atoms with Gasteiger partial charge in [-0.25, -0.2) is 0 Å². The Hall–Kier alpha value is -1.15.